The molecule has 1 unspecified atom stereocenters. The van der Waals surface area contributed by atoms with Crippen LogP contribution in [0.2, 0.25) is 0 Å². The van der Waals surface area contributed by atoms with Crippen molar-refractivity contribution in [3.05, 3.63) is 29.3 Å². The molecule has 4 nitrogen and oxygen atoms in total. The highest BCUT2D eigenvalue weighted by Crippen LogP contribution is 2.25. The van der Waals surface area contributed by atoms with Crippen LogP contribution in [0.25, 0.3) is 0 Å². The van der Waals surface area contributed by atoms with E-state index in [-0.39, 0.29) is 24.3 Å². The molecule has 0 spiro atoms. The molecule has 4 heteroatoms. The van der Waals surface area contributed by atoms with Gasteiger partial charge in [0.2, 0.25) is 11.8 Å². The Kier molecular flexibility index (Phi) is 3.60. The van der Waals surface area contributed by atoms with E-state index in [1.165, 1.54) is 0 Å². The van der Waals surface area contributed by atoms with Crippen molar-refractivity contribution in [3.63, 3.8) is 0 Å². The Morgan fingerprint density at radius 2 is 1.74 bits per heavy atom. The van der Waals surface area contributed by atoms with E-state index in [4.69, 9.17) is 0 Å². The maximum atomic E-state index is 12.2. The van der Waals surface area contributed by atoms with Crippen LogP contribution in [0.4, 0.5) is 5.69 Å². The van der Waals surface area contributed by atoms with E-state index in [1.54, 1.807) is 4.90 Å². The molecule has 0 aliphatic carbocycles. The van der Waals surface area contributed by atoms with Crippen molar-refractivity contribution in [3.8, 4) is 0 Å². The van der Waals surface area contributed by atoms with Crippen LogP contribution in [0, 0.1) is 19.8 Å². The molecule has 1 atom stereocenters. The Bertz CT molecular complexity index is 503. The minimum absolute atomic E-state index is 0.0525. The van der Waals surface area contributed by atoms with Gasteiger partial charge in [0.05, 0.1) is 6.54 Å². The lowest BCUT2D eigenvalue weighted by atomic mass is 9.98. The Labute approximate surface area is 113 Å². The second-order valence-corrected chi connectivity index (χ2v) is 5.52. The van der Waals surface area contributed by atoms with E-state index < -0.39 is 6.04 Å². The monoisotopic (exact) mass is 260 g/mol. The van der Waals surface area contributed by atoms with Crippen LogP contribution >= 0.6 is 0 Å². The molecule has 102 valence electrons. The van der Waals surface area contributed by atoms with Crippen molar-refractivity contribution < 1.29 is 9.59 Å². The Morgan fingerprint density at radius 1 is 1.16 bits per heavy atom. The number of carbonyl (C=O) groups excluding carboxylic acids is 2. The molecule has 1 aliphatic heterocycles. The summed E-state index contributed by atoms with van der Waals surface area (Å²) in [5.74, 6) is -0.0536. The number of nitrogens with one attached hydrogen (secondary N) is 1. The highest BCUT2D eigenvalue weighted by Gasteiger charge is 2.37. The predicted octanol–water partition coefficient (Wildman–Crippen LogP) is 1.79. The molecule has 1 fully saturated rings. The molecule has 2 amide bonds. The molecule has 0 radical (unpaired) electrons. The number of nitrogens with zero attached hydrogens (tertiary/aromatic N) is 1. The van der Waals surface area contributed by atoms with Crippen molar-refractivity contribution in [2.24, 2.45) is 5.92 Å². The standard InChI is InChI=1S/C15H20N2O2/c1-9(2)14-15(19)16-8-13(18)17(14)12-6-10(3)5-11(4)7-12/h5-7,9,14H,8H2,1-4H3,(H,16,19). The van der Waals surface area contributed by atoms with Crippen LogP contribution < -0.4 is 10.2 Å². The largest absolute Gasteiger partial charge is 0.345 e. The number of hydrogen-bond acceptors (Lipinski definition) is 2. The van der Waals surface area contributed by atoms with Crippen molar-refractivity contribution in [1.29, 1.82) is 0 Å². The van der Waals surface area contributed by atoms with Crippen LogP contribution in [0.5, 0.6) is 0 Å². The Morgan fingerprint density at radius 3 is 2.26 bits per heavy atom. The number of piperazine rings is 1. The van der Waals surface area contributed by atoms with Gasteiger partial charge in [-0.3, -0.25) is 14.5 Å². The summed E-state index contributed by atoms with van der Waals surface area (Å²) < 4.78 is 0. The van der Waals surface area contributed by atoms with Crippen molar-refractivity contribution in [1.82, 2.24) is 5.32 Å². The SMILES string of the molecule is Cc1cc(C)cc(N2C(=O)CNC(=O)C2C(C)C)c1. The molecule has 1 saturated heterocycles. The first-order chi connectivity index (χ1) is 8.90. The van der Waals surface area contributed by atoms with Crippen molar-refractivity contribution in [2.45, 2.75) is 33.7 Å². The third kappa shape index (κ3) is 2.62. The quantitative estimate of drug-likeness (QED) is 0.881. The second kappa shape index (κ2) is 5.03. The van der Waals surface area contributed by atoms with Gasteiger partial charge >= 0.3 is 0 Å². The number of anilines is 1. The molecular formula is C15H20N2O2. The first kappa shape index (κ1) is 13.6. The van der Waals surface area contributed by atoms with Gasteiger partial charge in [-0.2, -0.15) is 0 Å². The number of carbonyl (C=O) groups is 2. The summed E-state index contributed by atoms with van der Waals surface area (Å²) in [6.07, 6.45) is 0. The van der Waals surface area contributed by atoms with Gasteiger partial charge in [-0.1, -0.05) is 19.9 Å². The average Bonchev–Trinajstić information content (AvgIpc) is 2.29. The molecule has 19 heavy (non-hydrogen) atoms. The van der Waals surface area contributed by atoms with Crippen molar-refractivity contribution in [2.75, 3.05) is 11.4 Å². The van der Waals surface area contributed by atoms with Crippen LogP contribution in [-0.4, -0.2) is 24.4 Å². The molecule has 0 bridgehead atoms. The molecule has 1 aromatic rings. The molecule has 1 aliphatic rings. The summed E-state index contributed by atoms with van der Waals surface area (Å²) in [7, 11) is 0. The number of aryl methyl sites for hydroxylation is 2. The summed E-state index contributed by atoms with van der Waals surface area (Å²) in [5, 5.41) is 2.66. The maximum Gasteiger partial charge on any atom is 0.247 e. The molecular weight excluding hydrogens is 240 g/mol. The number of amides is 2. The van der Waals surface area contributed by atoms with Gasteiger partial charge in [0, 0.05) is 5.69 Å². The molecule has 1 N–H and O–H groups in total. The van der Waals surface area contributed by atoms with E-state index in [0.29, 0.717) is 0 Å². The second-order valence-electron chi connectivity index (χ2n) is 5.52. The maximum absolute atomic E-state index is 12.2. The number of hydrogen-bond donors (Lipinski definition) is 1. The Balaban J connectivity index is 2.48. The molecule has 2 rings (SSSR count). The summed E-state index contributed by atoms with van der Waals surface area (Å²) in [4.78, 5) is 25.9. The van der Waals surface area contributed by atoms with Gasteiger partial charge in [0.15, 0.2) is 0 Å². The zero-order valence-electron chi connectivity index (χ0n) is 11.9. The third-order valence-electron chi connectivity index (χ3n) is 3.35. The van der Waals surface area contributed by atoms with Gasteiger partial charge < -0.3 is 5.32 Å². The fraction of sp³-hybridized carbons (Fsp3) is 0.467. The van der Waals surface area contributed by atoms with E-state index in [2.05, 4.69) is 11.4 Å². The zero-order chi connectivity index (χ0) is 14.2. The topological polar surface area (TPSA) is 49.4 Å². The molecule has 0 saturated carbocycles. The van der Waals surface area contributed by atoms with Crippen LogP contribution in [0.3, 0.4) is 0 Å². The van der Waals surface area contributed by atoms with Crippen LogP contribution in [0.15, 0.2) is 18.2 Å². The number of rotatable bonds is 2. The minimum atomic E-state index is -0.428. The smallest absolute Gasteiger partial charge is 0.247 e. The molecule has 1 aromatic carbocycles. The van der Waals surface area contributed by atoms with Gasteiger partial charge in [0.25, 0.3) is 0 Å². The summed E-state index contributed by atoms with van der Waals surface area (Å²) in [6, 6.07) is 5.54. The van der Waals surface area contributed by atoms with E-state index in [0.717, 1.165) is 16.8 Å². The molecule has 0 aromatic heterocycles. The normalized spacial score (nSPS) is 19.8. The predicted molar refractivity (Wildman–Crippen MR) is 75.0 cm³/mol. The summed E-state index contributed by atoms with van der Waals surface area (Å²) in [6.45, 7) is 7.98. The van der Waals surface area contributed by atoms with Crippen LogP contribution in [0.1, 0.15) is 25.0 Å². The molecule has 1 heterocycles. The highest BCUT2D eigenvalue weighted by molar-refractivity contribution is 6.06. The lowest BCUT2D eigenvalue weighted by molar-refractivity contribution is -0.131. The summed E-state index contributed by atoms with van der Waals surface area (Å²) in [5.41, 5.74) is 3.00. The van der Waals surface area contributed by atoms with Gasteiger partial charge in [-0.15, -0.1) is 0 Å². The lowest BCUT2D eigenvalue weighted by Gasteiger charge is -2.37. The summed E-state index contributed by atoms with van der Waals surface area (Å²) >= 11 is 0. The van der Waals surface area contributed by atoms with E-state index >= 15 is 0 Å². The number of benzene rings is 1. The van der Waals surface area contributed by atoms with E-state index in [1.807, 2.05) is 39.8 Å². The first-order valence-corrected chi connectivity index (χ1v) is 6.58. The van der Waals surface area contributed by atoms with Crippen molar-refractivity contribution >= 4 is 17.5 Å². The third-order valence-corrected chi connectivity index (χ3v) is 3.35. The van der Waals surface area contributed by atoms with Gasteiger partial charge in [0.1, 0.15) is 6.04 Å². The first-order valence-electron chi connectivity index (χ1n) is 6.58. The van der Waals surface area contributed by atoms with Gasteiger partial charge in [-0.05, 0) is 43.0 Å². The fourth-order valence-electron chi connectivity index (χ4n) is 2.62. The minimum Gasteiger partial charge on any atom is -0.345 e. The fourth-order valence-corrected chi connectivity index (χ4v) is 2.62. The highest BCUT2D eigenvalue weighted by atomic mass is 16.2. The van der Waals surface area contributed by atoms with Gasteiger partial charge in [-0.25, -0.2) is 0 Å². The average molecular weight is 260 g/mol. The van der Waals surface area contributed by atoms with Crippen LogP contribution in [-0.2, 0) is 9.59 Å². The zero-order valence-corrected chi connectivity index (χ0v) is 11.9. The lowest BCUT2D eigenvalue weighted by Crippen LogP contribution is -2.60. The van der Waals surface area contributed by atoms with E-state index in [9.17, 15) is 9.59 Å². The Hall–Kier alpha value is -1.84.